The minimum atomic E-state index is 0.244. The van der Waals surface area contributed by atoms with Crippen LogP contribution >= 0.6 is 0 Å². The molecular weight excluding hydrogens is 226 g/mol. The molecule has 4 nitrogen and oxygen atoms in total. The van der Waals surface area contributed by atoms with Gasteiger partial charge in [-0.1, -0.05) is 6.92 Å². The van der Waals surface area contributed by atoms with E-state index in [4.69, 9.17) is 4.74 Å². The lowest BCUT2D eigenvalue weighted by Crippen LogP contribution is -2.39. The van der Waals surface area contributed by atoms with Crippen LogP contribution in [0.25, 0.3) is 0 Å². The molecule has 1 aliphatic rings. The Bertz CT molecular complexity index is 369. The third-order valence-corrected chi connectivity index (χ3v) is 3.94. The van der Waals surface area contributed by atoms with Gasteiger partial charge in [-0.25, -0.2) is 4.98 Å². The number of hydrogen-bond acceptors (Lipinski definition) is 3. The molecule has 0 bridgehead atoms. The van der Waals surface area contributed by atoms with Gasteiger partial charge < -0.3 is 14.6 Å². The maximum atomic E-state index is 5.63. The molecule has 1 aliphatic heterocycles. The van der Waals surface area contributed by atoms with Crippen LogP contribution in [0.1, 0.15) is 39.3 Å². The highest BCUT2D eigenvalue weighted by Crippen LogP contribution is 2.32. The molecule has 0 radical (unpaired) electrons. The van der Waals surface area contributed by atoms with Crippen molar-refractivity contribution in [1.29, 1.82) is 0 Å². The van der Waals surface area contributed by atoms with Crippen molar-refractivity contribution in [2.24, 2.45) is 0 Å². The second kappa shape index (κ2) is 5.85. The molecule has 2 heterocycles. The molecule has 1 aromatic heterocycles. The molecule has 1 unspecified atom stereocenters. The number of hydrogen-bond donors (Lipinski definition) is 1. The van der Waals surface area contributed by atoms with E-state index in [0.29, 0.717) is 0 Å². The van der Waals surface area contributed by atoms with Gasteiger partial charge in [-0.15, -0.1) is 0 Å². The number of piperidine rings is 1. The van der Waals surface area contributed by atoms with Crippen LogP contribution in [0.3, 0.4) is 0 Å². The molecule has 4 heteroatoms. The first kappa shape index (κ1) is 13.6. The van der Waals surface area contributed by atoms with E-state index < -0.39 is 0 Å². The molecule has 1 atom stereocenters. The van der Waals surface area contributed by atoms with Gasteiger partial charge in [0.1, 0.15) is 0 Å². The molecule has 1 aromatic rings. The van der Waals surface area contributed by atoms with Crippen molar-refractivity contribution in [2.45, 2.75) is 51.7 Å². The Kier molecular flexibility index (Phi) is 4.40. The van der Waals surface area contributed by atoms with Gasteiger partial charge in [0.2, 0.25) is 0 Å². The Morgan fingerprint density at radius 2 is 2.22 bits per heavy atom. The Balaban J connectivity index is 2.11. The first-order chi connectivity index (χ1) is 8.65. The highest BCUT2D eigenvalue weighted by atomic mass is 16.5. The minimum absolute atomic E-state index is 0.244. The summed E-state index contributed by atoms with van der Waals surface area (Å²) in [7, 11) is 0. The SMILES string of the molecule is CCOC(C)Cn1cncc1C1(C)CCNCC1. The Morgan fingerprint density at radius 1 is 1.50 bits per heavy atom. The van der Waals surface area contributed by atoms with Crippen LogP contribution in [0.5, 0.6) is 0 Å². The molecule has 1 N–H and O–H groups in total. The Labute approximate surface area is 110 Å². The van der Waals surface area contributed by atoms with Gasteiger partial charge >= 0.3 is 0 Å². The van der Waals surface area contributed by atoms with Gasteiger partial charge in [0, 0.05) is 30.5 Å². The summed E-state index contributed by atoms with van der Waals surface area (Å²) in [6, 6.07) is 0. The summed E-state index contributed by atoms with van der Waals surface area (Å²) < 4.78 is 7.90. The summed E-state index contributed by atoms with van der Waals surface area (Å²) in [6.07, 6.45) is 6.58. The number of nitrogens with zero attached hydrogens (tertiary/aromatic N) is 2. The quantitative estimate of drug-likeness (QED) is 0.869. The van der Waals surface area contributed by atoms with Gasteiger partial charge in [-0.2, -0.15) is 0 Å². The van der Waals surface area contributed by atoms with E-state index >= 15 is 0 Å². The molecule has 0 aromatic carbocycles. The second-order valence-corrected chi connectivity index (χ2v) is 5.51. The van der Waals surface area contributed by atoms with Crippen molar-refractivity contribution in [2.75, 3.05) is 19.7 Å². The van der Waals surface area contributed by atoms with E-state index in [1.807, 2.05) is 19.4 Å². The Hall–Kier alpha value is -0.870. The van der Waals surface area contributed by atoms with Crippen LogP contribution in [0, 0.1) is 0 Å². The number of nitrogens with one attached hydrogen (secondary N) is 1. The smallest absolute Gasteiger partial charge is 0.0949 e. The second-order valence-electron chi connectivity index (χ2n) is 5.51. The van der Waals surface area contributed by atoms with Gasteiger partial charge in [0.25, 0.3) is 0 Å². The molecule has 102 valence electrons. The molecule has 1 saturated heterocycles. The molecule has 1 fully saturated rings. The topological polar surface area (TPSA) is 39.1 Å². The highest BCUT2D eigenvalue weighted by molar-refractivity contribution is 5.15. The summed E-state index contributed by atoms with van der Waals surface area (Å²) in [5, 5.41) is 3.43. The van der Waals surface area contributed by atoms with Crippen molar-refractivity contribution in [3.63, 3.8) is 0 Å². The maximum absolute atomic E-state index is 5.63. The summed E-state index contributed by atoms with van der Waals surface area (Å²) in [5.74, 6) is 0. The number of ether oxygens (including phenoxy) is 1. The monoisotopic (exact) mass is 251 g/mol. The fraction of sp³-hybridized carbons (Fsp3) is 0.786. The van der Waals surface area contributed by atoms with Crippen molar-refractivity contribution in [3.8, 4) is 0 Å². The van der Waals surface area contributed by atoms with Crippen molar-refractivity contribution < 1.29 is 4.74 Å². The fourth-order valence-electron chi connectivity index (χ4n) is 2.82. The van der Waals surface area contributed by atoms with Crippen LogP contribution in [-0.2, 0) is 16.7 Å². The van der Waals surface area contributed by atoms with Crippen LogP contribution in [0.2, 0.25) is 0 Å². The van der Waals surface area contributed by atoms with Crippen LogP contribution in [0.15, 0.2) is 12.5 Å². The third-order valence-electron chi connectivity index (χ3n) is 3.94. The fourth-order valence-corrected chi connectivity index (χ4v) is 2.82. The van der Waals surface area contributed by atoms with Crippen LogP contribution in [0.4, 0.5) is 0 Å². The molecule has 0 saturated carbocycles. The van der Waals surface area contributed by atoms with Crippen molar-refractivity contribution in [1.82, 2.24) is 14.9 Å². The van der Waals surface area contributed by atoms with E-state index in [-0.39, 0.29) is 11.5 Å². The van der Waals surface area contributed by atoms with E-state index in [1.54, 1.807) is 0 Å². The number of imidazole rings is 1. The predicted octanol–water partition coefficient (Wildman–Crippen LogP) is 1.95. The average Bonchev–Trinajstić information content (AvgIpc) is 2.79. The zero-order valence-corrected chi connectivity index (χ0v) is 11.8. The first-order valence-corrected chi connectivity index (χ1v) is 6.98. The lowest BCUT2D eigenvalue weighted by atomic mass is 9.78. The number of rotatable bonds is 5. The minimum Gasteiger partial charge on any atom is -0.377 e. The molecule has 0 spiro atoms. The van der Waals surface area contributed by atoms with E-state index in [1.165, 1.54) is 18.5 Å². The van der Waals surface area contributed by atoms with Gasteiger partial charge in [0.15, 0.2) is 0 Å². The summed E-state index contributed by atoms with van der Waals surface area (Å²) in [4.78, 5) is 4.34. The summed E-state index contributed by atoms with van der Waals surface area (Å²) in [6.45, 7) is 10.4. The molecular formula is C14H25N3O. The Morgan fingerprint density at radius 3 is 2.89 bits per heavy atom. The van der Waals surface area contributed by atoms with Crippen molar-refractivity contribution in [3.05, 3.63) is 18.2 Å². The summed E-state index contributed by atoms with van der Waals surface area (Å²) >= 11 is 0. The molecule has 0 amide bonds. The van der Waals surface area contributed by atoms with Gasteiger partial charge in [-0.05, 0) is 39.8 Å². The third kappa shape index (κ3) is 2.93. The average molecular weight is 251 g/mol. The predicted molar refractivity (Wildman–Crippen MR) is 72.8 cm³/mol. The first-order valence-electron chi connectivity index (χ1n) is 6.98. The molecule has 18 heavy (non-hydrogen) atoms. The van der Waals surface area contributed by atoms with E-state index in [2.05, 4.69) is 28.7 Å². The molecule has 0 aliphatic carbocycles. The van der Waals surface area contributed by atoms with Gasteiger partial charge in [-0.3, -0.25) is 0 Å². The maximum Gasteiger partial charge on any atom is 0.0949 e. The largest absolute Gasteiger partial charge is 0.377 e. The van der Waals surface area contributed by atoms with Crippen molar-refractivity contribution >= 4 is 0 Å². The summed E-state index contributed by atoms with van der Waals surface area (Å²) in [5.41, 5.74) is 1.61. The van der Waals surface area contributed by atoms with Gasteiger partial charge in [0.05, 0.1) is 12.4 Å². The number of aromatic nitrogens is 2. The lowest BCUT2D eigenvalue weighted by molar-refractivity contribution is 0.0625. The molecule has 2 rings (SSSR count). The lowest BCUT2D eigenvalue weighted by Gasteiger charge is -2.35. The zero-order valence-electron chi connectivity index (χ0n) is 11.8. The standard InChI is InChI=1S/C14H25N3O/c1-4-18-12(2)10-17-11-16-9-13(17)14(3)5-7-15-8-6-14/h9,11-12,15H,4-8,10H2,1-3H3. The van der Waals surface area contributed by atoms with E-state index in [9.17, 15) is 0 Å². The van der Waals surface area contributed by atoms with Crippen LogP contribution < -0.4 is 5.32 Å². The van der Waals surface area contributed by atoms with Crippen LogP contribution in [-0.4, -0.2) is 35.4 Å². The van der Waals surface area contributed by atoms with E-state index in [0.717, 1.165) is 26.2 Å². The zero-order chi connectivity index (χ0) is 13.0. The normalized spacial score (nSPS) is 20.8. The highest BCUT2D eigenvalue weighted by Gasteiger charge is 2.31.